The molecule has 108 valence electrons. The molecule has 0 aromatic heterocycles. The molecular weight excluding hydrogens is 254 g/mol. The number of aryl methyl sites for hydroxylation is 1. The smallest absolute Gasteiger partial charge is 0.323 e. The number of benzene rings is 1. The quantitative estimate of drug-likeness (QED) is 0.855. The van der Waals surface area contributed by atoms with Gasteiger partial charge in [0.1, 0.15) is 17.9 Å². The summed E-state index contributed by atoms with van der Waals surface area (Å²) in [6.07, 6.45) is 5.49. The van der Waals surface area contributed by atoms with Crippen LogP contribution in [0.25, 0.3) is 0 Å². The van der Waals surface area contributed by atoms with Crippen LogP contribution in [0.2, 0.25) is 0 Å². The van der Waals surface area contributed by atoms with Gasteiger partial charge in [0.2, 0.25) is 0 Å². The molecule has 0 spiro atoms. The van der Waals surface area contributed by atoms with Crippen molar-refractivity contribution in [1.82, 2.24) is 5.32 Å². The number of ether oxygens (including phenoxy) is 2. The molecule has 20 heavy (non-hydrogen) atoms. The molecule has 0 bridgehead atoms. The van der Waals surface area contributed by atoms with Gasteiger partial charge in [0.05, 0.1) is 7.11 Å². The SMILES string of the molecule is COC(=O)[C@@H]1C[C@H](Oc2cccc3c2CCCC3)CN1. The van der Waals surface area contributed by atoms with Crippen molar-refractivity contribution in [3.8, 4) is 5.75 Å². The molecule has 2 aliphatic rings. The van der Waals surface area contributed by atoms with Crippen molar-refractivity contribution < 1.29 is 14.3 Å². The van der Waals surface area contributed by atoms with Gasteiger partial charge in [-0.05, 0) is 42.9 Å². The fraction of sp³-hybridized carbons (Fsp3) is 0.562. The third kappa shape index (κ3) is 2.66. The van der Waals surface area contributed by atoms with Crippen LogP contribution in [0, 0.1) is 0 Å². The Labute approximate surface area is 119 Å². The molecule has 2 atom stereocenters. The lowest BCUT2D eigenvalue weighted by Crippen LogP contribution is -2.31. The van der Waals surface area contributed by atoms with E-state index >= 15 is 0 Å². The minimum atomic E-state index is -0.232. The van der Waals surface area contributed by atoms with Crippen LogP contribution in [-0.4, -0.2) is 31.8 Å². The molecule has 4 heteroatoms. The second-order valence-corrected chi connectivity index (χ2v) is 5.56. The number of carbonyl (C=O) groups is 1. The number of esters is 1. The van der Waals surface area contributed by atoms with E-state index < -0.39 is 0 Å². The summed E-state index contributed by atoms with van der Waals surface area (Å²) in [5.74, 6) is 0.797. The van der Waals surface area contributed by atoms with E-state index in [1.807, 2.05) is 0 Å². The molecule has 1 heterocycles. The predicted octanol–water partition coefficient (Wildman–Crippen LogP) is 1.85. The summed E-state index contributed by atoms with van der Waals surface area (Å²) in [5.41, 5.74) is 2.78. The van der Waals surface area contributed by atoms with Crippen LogP contribution in [0.4, 0.5) is 0 Å². The lowest BCUT2D eigenvalue weighted by Gasteiger charge is -2.21. The third-order valence-electron chi connectivity index (χ3n) is 4.22. The number of methoxy groups -OCH3 is 1. The average Bonchev–Trinajstić information content (AvgIpc) is 2.95. The first-order valence-corrected chi connectivity index (χ1v) is 7.36. The van der Waals surface area contributed by atoms with Crippen LogP contribution >= 0.6 is 0 Å². The normalized spacial score (nSPS) is 25.1. The third-order valence-corrected chi connectivity index (χ3v) is 4.22. The maximum Gasteiger partial charge on any atom is 0.323 e. The summed E-state index contributed by atoms with van der Waals surface area (Å²) in [4.78, 5) is 11.5. The molecular formula is C16H21NO3. The average molecular weight is 275 g/mol. The second-order valence-electron chi connectivity index (χ2n) is 5.56. The van der Waals surface area contributed by atoms with Crippen LogP contribution in [0.15, 0.2) is 18.2 Å². The van der Waals surface area contributed by atoms with Gasteiger partial charge in [-0.2, -0.15) is 0 Å². The van der Waals surface area contributed by atoms with E-state index in [1.54, 1.807) is 0 Å². The highest BCUT2D eigenvalue weighted by molar-refractivity contribution is 5.76. The molecule has 1 aliphatic heterocycles. The number of hydrogen-bond acceptors (Lipinski definition) is 4. The fourth-order valence-electron chi connectivity index (χ4n) is 3.15. The van der Waals surface area contributed by atoms with E-state index in [2.05, 4.69) is 23.5 Å². The number of fused-ring (bicyclic) bond motifs is 1. The van der Waals surface area contributed by atoms with Crippen molar-refractivity contribution in [3.63, 3.8) is 0 Å². The standard InChI is InChI=1S/C16H21NO3/c1-19-16(18)14-9-12(10-17-14)20-15-8-4-6-11-5-2-3-7-13(11)15/h4,6,8,12,14,17H,2-3,5,7,9-10H2,1H3/t12-,14-/m0/s1. The Bertz CT molecular complexity index is 500. The molecule has 1 N–H and O–H groups in total. The molecule has 4 nitrogen and oxygen atoms in total. The number of hydrogen-bond donors (Lipinski definition) is 1. The summed E-state index contributed by atoms with van der Waals surface area (Å²) in [6, 6.07) is 6.09. The Morgan fingerprint density at radius 1 is 1.30 bits per heavy atom. The van der Waals surface area contributed by atoms with Crippen molar-refractivity contribution >= 4 is 5.97 Å². The topological polar surface area (TPSA) is 47.6 Å². The van der Waals surface area contributed by atoms with Crippen LogP contribution in [-0.2, 0) is 22.4 Å². The first-order valence-electron chi connectivity index (χ1n) is 7.36. The lowest BCUT2D eigenvalue weighted by molar-refractivity contribution is -0.142. The molecule has 0 radical (unpaired) electrons. The van der Waals surface area contributed by atoms with Gasteiger partial charge in [0.25, 0.3) is 0 Å². The molecule has 1 saturated heterocycles. The number of carbonyl (C=O) groups excluding carboxylic acids is 1. The highest BCUT2D eigenvalue weighted by atomic mass is 16.5. The molecule has 0 saturated carbocycles. The Morgan fingerprint density at radius 3 is 3.00 bits per heavy atom. The molecule has 0 amide bonds. The lowest BCUT2D eigenvalue weighted by atomic mass is 9.91. The minimum absolute atomic E-state index is 0.0486. The Hall–Kier alpha value is -1.55. The largest absolute Gasteiger partial charge is 0.489 e. The first kappa shape index (κ1) is 13.4. The summed E-state index contributed by atoms with van der Waals surface area (Å²) < 4.78 is 10.9. The zero-order valence-corrected chi connectivity index (χ0v) is 11.9. The van der Waals surface area contributed by atoms with Gasteiger partial charge in [-0.25, -0.2) is 0 Å². The van der Waals surface area contributed by atoms with Crippen molar-refractivity contribution in [1.29, 1.82) is 0 Å². The molecule has 1 aromatic carbocycles. The second kappa shape index (κ2) is 5.83. The van der Waals surface area contributed by atoms with E-state index in [9.17, 15) is 4.79 Å². The van der Waals surface area contributed by atoms with Crippen LogP contribution in [0.5, 0.6) is 5.75 Å². The fourth-order valence-corrected chi connectivity index (χ4v) is 3.15. The predicted molar refractivity (Wildman–Crippen MR) is 75.9 cm³/mol. The first-order chi connectivity index (χ1) is 9.78. The van der Waals surface area contributed by atoms with E-state index in [4.69, 9.17) is 9.47 Å². The van der Waals surface area contributed by atoms with E-state index in [0.717, 1.165) is 18.6 Å². The Morgan fingerprint density at radius 2 is 2.15 bits per heavy atom. The molecule has 1 aliphatic carbocycles. The van der Waals surface area contributed by atoms with Gasteiger partial charge < -0.3 is 14.8 Å². The van der Waals surface area contributed by atoms with Crippen LogP contribution in [0.1, 0.15) is 30.4 Å². The number of rotatable bonds is 3. The summed E-state index contributed by atoms with van der Waals surface area (Å²) >= 11 is 0. The van der Waals surface area contributed by atoms with Gasteiger partial charge in [0.15, 0.2) is 0 Å². The van der Waals surface area contributed by atoms with Gasteiger partial charge >= 0.3 is 5.97 Å². The van der Waals surface area contributed by atoms with Crippen molar-refractivity contribution in [3.05, 3.63) is 29.3 Å². The van der Waals surface area contributed by atoms with Crippen molar-refractivity contribution in [2.75, 3.05) is 13.7 Å². The summed E-state index contributed by atoms with van der Waals surface area (Å²) in [7, 11) is 1.42. The summed E-state index contributed by atoms with van der Waals surface area (Å²) in [5, 5.41) is 3.16. The molecule has 3 rings (SSSR count). The summed E-state index contributed by atoms with van der Waals surface area (Å²) in [6.45, 7) is 0.698. The van der Waals surface area contributed by atoms with Crippen LogP contribution in [0.3, 0.4) is 0 Å². The number of nitrogens with one attached hydrogen (secondary N) is 1. The maximum atomic E-state index is 11.5. The van der Waals surface area contributed by atoms with E-state index in [0.29, 0.717) is 13.0 Å². The minimum Gasteiger partial charge on any atom is -0.489 e. The highest BCUT2D eigenvalue weighted by Gasteiger charge is 2.31. The maximum absolute atomic E-state index is 11.5. The van der Waals surface area contributed by atoms with Gasteiger partial charge in [-0.3, -0.25) is 4.79 Å². The molecule has 0 unspecified atom stereocenters. The van der Waals surface area contributed by atoms with E-state index in [1.165, 1.54) is 31.1 Å². The highest BCUT2D eigenvalue weighted by Crippen LogP contribution is 2.31. The van der Waals surface area contributed by atoms with Gasteiger partial charge in [0, 0.05) is 13.0 Å². The zero-order valence-electron chi connectivity index (χ0n) is 11.9. The van der Waals surface area contributed by atoms with Crippen molar-refractivity contribution in [2.24, 2.45) is 0 Å². The molecule has 1 fully saturated rings. The van der Waals surface area contributed by atoms with Crippen LogP contribution < -0.4 is 10.1 Å². The monoisotopic (exact) mass is 275 g/mol. The Kier molecular flexibility index (Phi) is 3.92. The molecule has 1 aromatic rings. The zero-order chi connectivity index (χ0) is 13.9. The van der Waals surface area contributed by atoms with Gasteiger partial charge in [-0.15, -0.1) is 0 Å². The van der Waals surface area contributed by atoms with Gasteiger partial charge in [-0.1, -0.05) is 12.1 Å². The van der Waals surface area contributed by atoms with E-state index in [-0.39, 0.29) is 18.1 Å². The van der Waals surface area contributed by atoms with Crippen molar-refractivity contribution in [2.45, 2.75) is 44.2 Å². The Balaban J connectivity index is 1.69.